The summed E-state index contributed by atoms with van der Waals surface area (Å²) in [5.41, 5.74) is -1.38. The number of rotatable bonds is 8. The Labute approximate surface area is 213 Å². The molecule has 36 heavy (non-hydrogen) atoms. The van der Waals surface area contributed by atoms with Crippen molar-refractivity contribution in [3.05, 3.63) is 11.6 Å². The maximum absolute atomic E-state index is 12.3. The molecule has 0 saturated heterocycles. The van der Waals surface area contributed by atoms with Gasteiger partial charge in [0.15, 0.2) is 0 Å². The third-order valence-electron chi connectivity index (χ3n) is 9.12. The molecule has 0 aromatic rings. The highest BCUT2D eigenvalue weighted by Gasteiger charge is 2.69. The van der Waals surface area contributed by atoms with Crippen LogP contribution in [0.25, 0.3) is 0 Å². The number of hydrogen-bond acceptors (Lipinski definition) is 9. The van der Waals surface area contributed by atoms with Crippen molar-refractivity contribution >= 4 is 23.9 Å². The molecule has 1 heterocycles. The van der Waals surface area contributed by atoms with E-state index < -0.39 is 52.5 Å². The van der Waals surface area contributed by atoms with Gasteiger partial charge in [0, 0.05) is 39.5 Å². The molecule has 7 atom stereocenters. The molecule has 1 aliphatic heterocycles. The number of carbonyl (C=O) groups excluding carboxylic acids is 4. The van der Waals surface area contributed by atoms with Gasteiger partial charge in [0.2, 0.25) is 0 Å². The van der Waals surface area contributed by atoms with Crippen molar-refractivity contribution in [3.8, 4) is 0 Å². The number of esters is 4. The molecule has 0 aromatic heterocycles. The standard InChI is InChI=1S/C27H40O9/c1-16-11-23(36-19(4)30)27(15-34-17(2)28)22(9-8-10-26(27,6)32-7)25(16,5)13-21(35-18(3)29)20-12-24(31)33-14-20/h12,16,21-23H,8-11,13-15H2,1-7H3/t16-,21+,22-,23+,25+,26-,27+/m1/s1. The van der Waals surface area contributed by atoms with Gasteiger partial charge in [-0.3, -0.25) is 14.4 Å². The number of cyclic esters (lactones) is 1. The van der Waals surface area contributed by atoms with Gasteiger partial charge in [0.25, 0.3) is 0 Å². The summed E-state index contributed by atoms with van der Waals surface area (Å²) in [6.45, 7) is 10.5. The van der Waals surface area contributed by atoms with Crippen molar-refractivity contribution in [2.45, 2.75) is 91.5 Å². The second kappa shape index (κ2) is 10.5. The fourth-order valence-electron chi connectivity index (χ4n) is 7.11. The van der Waals surface area contributed by atoms with E-state index in [9.17, 15) is 19.2 Å². The van der Waals surface area contributed by atoms with Crippen molar-refractivity contribution in [2.24, 2.45) is 22.7 Å². The molecule has 0 aromatic carbocycles. The molecule has 0 radical (unpaired) electrons. The summed E-state index contributed by atoms with van der Waals surface area (Å²) in [6.07, 6.45) is 3.56. The zero-order valence-corrected chi connectivity index (χ0v) is 22.5. The van der Waals surface area contributed by atoms with Crippen LogP contribution >= 0.6 is 0 Å². The molecule has 2 aliphatic carbocycles. The van der Waals surface area contributed by atoms with Gasteiger partial charge in [-0.1, -0.05) is 20.3 Å². The Kier molecular flexibility index (Phi) is 8.23. The summed E-state index contributed by atoms with van der Waals surface area (Å²) in [4.78, 5) is 48.2. The molecule has 9 nitrogen and oxygen atoms in total. The summed E-state index contributed by atoms with van der Waals surface area (Å²) < 4.78 is 28.7. The Balaban J connectivity index is 2.14. The molecule has 3 rings (SSSR count). The first-order valence-electron chi connectivity index (χ1n) is 12.7. The minimum absolute atomic E-state index is 0.0418. The zero-order valence-electron chi connectivity index (χ0n) is 22.5. The lowest BCUT2D eigenvalue weighted by Crippen LogP contribution is -2.70. The van der Waals surface area contributed by atoms with Gasteiger partial charge in [0.1, 0.15) is 25.4 Å². The van der Waals surface area contributed by atoms with Crippen LogP contribution < -0.4 is 0 Å². The minimum atomic E-state index is -0.824. The molecule has 2 fully saturated rings. The van der Waals surface area contributed by atoms with Crippen LogP contribution in [0.1, 0.15) is 73.6 Å². The van der Waals surface area contributed by atoms with E-state index in [-0.39, 0.29) is 25.0 Å². The first-order chi connectivity index (χ1) is 16.8. The molecule has 2 saturated carbocycles. The second-order valence-electron chi connectivity index (χ2n) is 11.1. The quantitative estimate of drug-likeness (QED) is 0.359. The SMILES string of the molecule is CO[C@]1(C)CCC[C@@H]2[C@@](C)(C[C@H](OC(C)=O)C3=CC(=O)OC3)[C@H](C)C[C@H](OC(C)=O)[C@]21COC(C)=O. The normalized spacial score (nSPS) is 36.7. The number of ether oxygens (including phenoxy) is 5. The van der Waals surface area contributed by atoms with Gasteiger partial charge in [-0.25, -0.2) is 4.79 Å². The molecule has 0 spiro atoms. The highest BCUT2D eigenvalue weighted by molar-refractivity contribution is 5.85. The third kappa shape index (κ3) is 5.04. The highest BCUT2D eigenvalue weighted by Crippen LogP contribution is 2.66. The largest absolute Gasteiger partial charge is 0.465 e. The van der Waals surface area contributed by atoms with Gasteiger partial charge >= 0.3 is 23.9 Å². The summed E-state index contributed by atoms with van der Waals surface area (Å²) in [5.74, 6) is -1.76. The summed E-state index contributed by atoms with van der Waals surface area (Å²) >= 11 is 0. The van der Waals surface area contributed by atoms with Crippen LogP contribution in [0.15, 0.2) is 11.6 Å². The predicted molar refractivity (Wildman–Crippen MR) is 128 cm³/mol. The Morgan fingerprint density at radius 1 is 1.14 bits per heavy atom. The number of methoxy groups -OCH3 is 1. The Bertz CT molecular complexity index is 926. The van der Waals surface area contributed by atoms with Gasteiger partial charge in [0.05, 0.1) is 11.0 Å². The molecule has 0 N–H and O–H groups in total. The first kappa shape index (κ1) is 28.2. The molecular formula is C27H40O9. The molecule has 0 unspecified atom stereocenters. The van der Waals surface area contributed by atoms with E-state index in [0.29, 0.717) is 24.8 Å². The van der Waals surface area contributed by atoms with Crippen LogP contribution in [0.5, 0.6) is 0 Å². The first-order valence-corrected chi connectivity index (χ1v) is 12.7. The van der Waals surface area contributed by atoms with Gasteiger partial charge in [-0.15, -0.1) is 0 Å². The van der Waals surface area contributed by atoms with E-state index in [1.54, 1.807) is 7.11 Å². The average Bonchev–Trinajstić information content (AvgIpc) is 3.22. The van der Waals surface area contributed by atoms with E-state index in [0.717, 1.165) is 12.8 Å². The van der Waals surface area contributed by atoms with E-state index in [2.05, 4.69) is 13.8 Å². The van der Waals surface area contributed by atoms with E-state index in [1.807, 2.05) is 6.92 Å². The fourth-order valence-corrected chi connectivity index (χ4v) is 7.11. The van der Waals surface area contributed by atoms with Crippen molar-refractivity contribution < 1.29 is 42.9 Å². The van der Waals surface area contributed by atoms with Crippen molar-refractivity contribution in [2.75, 3.05) is 20.3 Å². The molecule has 0 amide bonds. The van der Waals surface area contributed by atoms with Crippen LogP contribution in [0.4, 0.5) is 0 Å². The lowest BCUT2D eigenvalue weighted by atomic mass is 9.42. The Hall–Kier alpha value is -2.42. The van der Waals surface area contributed by atoms with Crippen molar-refractivity contribution in [3.63, 3.8) is 0 Å². The molecule has 0 bridgehead atoms. The Morgan fingerprint density at radius 3 is 2.36 bits per heavy atom. The minimum Gasteiger partial charge on any atom is -0.465 e. The number of fused-ring (bicyclic) bond motifs is 1. The molecule has 202 valence electrons. The maximum atomic E-state index is 12.3. The maximum Gasteiger partial charge on any atom is 0.331 e. The molecule has 3 aliphatic rings. The van der Waals surface area contributed by atoms with E-state index >= 15 is 0 Å². The van der Waals surface area contributed by atoms with Crippen molar-refractivity contribution in [1.29, 1.82) is 0 Å². The lowest BCUT2D eigenvalue weighted by molar-refractivity contribution is -0.278. The summed E-state index contributed by atoms with van der Waals surface area (Å²) in [5, 5.41) is 0. The fraction of sp³-hybridized carbons (Fsp3) is 0.778. The van der Waals surface area contributed by atoms with Crippen LogP contribution in [0, 0.1) is 22.7 Å². The average molecular weight is 509 g/mol. The smallest absolute Gasteiger partial charge is 0.331 e. The summed E-state index contributed by atoms with van der Waals surface area (Å²) in [6, 6.07) is 0. The summed E-state index contributed by atoms with van der Waals surface area (Å²) in [7, 11) is 1.64. The zero-order chi connectivity index (χ0) is 26.9. The van der Waals surface area contributed by atoms with Crippen molar-refractivity contribution in [1.82, 2.24) is 0 Å². The monoisotopic (exact) mass is 508 g/mol. The topological polar surface area (TPSA) is 114 Å². The lowest BCUT2D eigenvalue weighted by Gasteiger charge is -2.66. The van der Waals surface area contributed by atoms with Crippen LogP contribution in [-0.4, -0.2) is 62.0 Å². The molecular weight excluding hydrogens is 468 g/mol. The van der Waals surface area contributed by atoms with E-state index in [1.165, 1.54) is 26.8 Å². The highest BCUT2D eigenvalue weighted by atomic mass is 16.6. The van der Waals surface area contributed by atoms with Crippen LogP contribution in [-0.2, 0) is 42.9 Å². The molecule has 9 heteroatoms. The van der Waals surface area contributed by atoms with Crippen LogP contribution in [0.2, 0.25) is 0 Å². The third-order valence-corrected chi connectivity index (χ3v) is 9.12. The number of carbonyl (C=O) groups is 4. The van der Waals surface area contributed by atoms with Gasteiger partial charge in [-0.05, 0) is 49.9 Å². The predicted octanol–water partition coefficient (Wildman–Crippen LogP) is 3.52. The van der Waals surface area contributed by atoms with Gasteiger partial charge < -0.3 is 23.7 Å². The van der Waals surface area contributed by atoms with Gasteiger partial charge in [-0.2, -0.15) is 0 Å². The van der Waals surface area contributed by atoms with E-state index in [4.69, 9.17) is 23.7 Å². The van der Waals surface area contributed by atoms with Crippen LogP contribution in [0.3, 0.4) is 0 Å². The number of hydrogen-bond donors (Lipinski definition) is 0. The second-order valence-corrected chi connectivity index (χ2v) is 11.1. The Morgan fingerprint density at radius 2 is 1.83 bits per heavy atom.